The number of benzene rings is 4. The third-order valence-corrected chi connectivity index (χ3v) is 11.9. The molecule has 1 fully saturated rings. The molecule has 0 radical (unpaired) electrons. The number of anilines is 1. The molecular formula is C43H36IN7O6S2. The zero-order valence-corrected chi connectivity index (χ0v) is 35.3. The smallest absolute Gasteiger partial charge is 0.355 e. The Bertz CT molecular complexity index is 2330. The largest absolute Gasteiger partial charge is 0.497 e. The molecular weight excluding hydrogens is 902 g/mol. The van der Waals surface area contributed by atoms with Crippen molar-refractivity contribution in [3.8, 4) is 11.8 Å². The van der Waals surface area contributed by atoms with Crippen molar-refractivity contribution in [1.29, 1.82) is 5.26 Å². The molecule has 1 aromatic heterocycles. The van der Waals surface area contributed by atoms with Crippen LogP contribution in [0.2, 0.25) is 0 Å². The van der Waals surface area contributed by atoms with Crippen LogP contribution >= 0.6 is 45.9 Å². The van der Waals surface area contributed by atoms with Gasteiger partial charge in [0.2, 0.25) is 23.3 Å². The lowest BCUT2D eigenvalue weighted by molar-refractivity contribution is -0.153. The Labute approximate surface area is 362 Å². The first-order valence-electron chi connectivity index (χ1n) is 18.2. The summed E-state index contributed by atoms with van der Waals surface area (Å²) in [5, 5.41) is 19.3. The fraction of sp³-hybridized carbons (Fsp3) is 0.186. The number of oxime groups is 1. The second-order valence-corrected chi connectivity index (χ2v) is 15.7. The number of esters is 1. The molecule has 2 aliphatic rings. The number of allylic oxidation sites excluding steroid dienone is 2. The van der Waals surface area contributed by atoms with E-state index in [1.165, 1.54) is 16.7 Å². The summed E-state index contributed by atoms with van der Waals surface area (Å²) in [6.07, 6.45) is 3.71. The van der Waals surface area contributed by atoms with E-state index in [9.17, 15) is 19.6 Å². The summed E-state index contributed by atoms with van der Waals surface area (Å²) < 4.78 is 16.1. The number of rotatable bonds is 16. The van der Waals surface area contributed by atoms with Crippen molar-refractivity contribution in [2.75, 3.05) is 29.2 Å². The van der Waals surface area contributed by atoms with Crippen molar-refractivity contribution in [1.82, 2.24) is 19.6 Å². The van der Waals surface area contributed by atoms with Crippen molar-refractivity contribution >= 4 is 74.5 Å². The number of carbonyl (C=O) groups excluding carboxylic acids is 3. The van der Waals surface area contributed by atoms with Gasteiger partial charge >= 0.3 is 5.97 Å². The van der Waals surface area contributed by atoms with Gasteiger partial charge in [0.15, 0.2) is 0 Å². The highest BCUT2D eigenvalue weighted by Crippen LogP contribution is 2.42. The summed E-state index contributed by atoms with van der Waals surface area (Å²) in [6.45, 7) is -0.459. The average molecular weight is 938 g/mol. The number of fused-ring (bicyclic) bond motifs is 1. The van der Waals surface area contributed by atoms with Gasteiger partial charge in [-0.3, -0.25) is 14.5 Å². The Morgan fingerprint density at radius 1 is 0.983 bits per heavy atom. The predicted molar refractivity (Wildman–Crippen MR) is 234 cm³/mol. The van der Waals surface area contributed by atoms with Crippen LogP contribution in [0.3, 0.4) is 0 Å². The molecule has 2 atom stereocenters. The number of hydrogen-bond acceptors (Lipinski definition) is 13. The van der Waals surface area contributed by atoms with Gasteiger partial charge in [-0.2, -0.15) is 14.6 Å². The molecule has 2 aliphatic heterocycles. The average Bonchev–Trinajstić information content (AvgIpc) is 3.75. The summed E-state index contributed by atoms with van der Waals surface area (Å²) in [5.74, 6) is -0.976. The molecule has 0 bridgehead atoms. The van der Waals surface area contributed by atoms with Crippen LogP contribution < -0.4 is 15.4 Å². The first-order valence-corrected chi connectivity index (χ1v) is 21.6. The number of amides is 2. The molecule has 0 unspecified atom stereocenters. The van der Waals surface area contributed by atoms with Crippen LogP contribution in [0.4, 0.5) is 5.13 Å². The van der Waals surface area contributed by atoms with Crippen molar-refractivity contribution in [2.24, 2.45) is 5.16 Å². The van der Waals surface area contributed by atoms with E-state index >= 15 is 0 Å². The highest BCUT2D eigenvalue weighted by atomic mass is 127. The fourth-order valence-electron chi connectivity index (χ4n) is 6.72. The number of alkyl halides is 1. The minimum atomic E-state index is -1.02. The normalized spacial score (nSPS) is 16.5. The lowest BCUT2D eigenvalue weighted by atomic mass is 9.77. The van der Waals surface area contributed by atoms with Gasteiger partial charge in [0.1, 0.15) is 41.1 Å². The number of nitriles is 1. The molecule has 298 valence electrons. The standard InChI is InChI=1S/C43H36IN7O6S2/c1-55-33-21-19-28(20-22-33)26-56-41(54)36-29(12-11-23-44)27-58-40-35(39(53)51(36)40)46-38(52)34(49-57-25-24-45)37-47-42(59-50-37)48-43(30-13-5-2-6-14-30,31-15-7-3-8-16-31)32-17-9-4-10-18-32/h2-22,35,40H,23,25-27H2,1H3,(H,46,52)(H,47,48,50)/b12-11+,49-34-/t35-,40-/m1/s1. The number of β-lactam (4-membered cyclic amide) rings is 1. The van der Waals surface area contributed by atoms with Gasteiger partial charge in [-0.15, -0.1) is 11.8 Å². The number of nitrogens with zero attached hydrogens (tertiary/aromatic N) is 5. The number of methoxy groups -OCH3 is 1. The highest BCUT2D eigenvalue weighted by molar-refractivity contribution is 14.1. The number of aromatic nitrogens is 2. The van der Waals surface area contributed by atoms with Gasteiger partial charge in [-0.25, -0.2) is 4.79 Å². The molecule has 2 N–H and O–H groups in total. The molecule has 4 aromatic carbocycles. The molecule has 13 nitrogen and oxygen atoms in total. The Hall–Kier alpha value is -6.03. The lowest BCUT2D eigenvalue weighted by Crippen LogP contribution is -2.71. The van der Waals surface area contributed by atoms with Crippen LogP contribution in [-0.2, 0) is 36.1 Å². The van der Waals surface area contributed by atoms with Crippen LogP contribution in [-0.4, -0.2) is 73.1 Å². The third kappa shape index (κ3) is 8.87. The number of ether oxygens (including phenoxy) is 2. The van der Waals surface area contributed by atoms with Crippen molar-refractivity contribution in [3.63, 3.8) is 0 Å². The van der Waals surface area contributed by atoms with Crippen molar-refractivity contribution in [2.45, 2.75) is 23.6 Å². The molecule has 5 aromatic rings. The van der Waals surface area contributed by atoms with E-state index in [1.54, 1.807) is 31.4 Å². The van der Waals surface area contributed by atoms with Gasteiger partial charge in [0, 0.05) is 21.7 Å². The van der Waals surface area contributed by atoms with E-state index in [0.29, 0.717) is 26.6 Å². The maximum absolute atomic E-state index is 14.0. The third-order valence-electron chi connectivity index (χ3n) is 9.47. The SMILES string of the molecule is COc1ccc(COC(=O)C2=C(/C=C/CI)CS[C@@H]3[C@H](NC(=O)/C(=N\OCC#N)c4nsc(NC(c5ccccc5)(c5ccccc5)c5ccccc5)n4)C(=O)N23)cc1. The van der Waals surface area contributed by atoms with Crippen LogP contribution in [0.1, 0.15) is 28.1 Å². The number of hydrogen-bond donors (Lipinski definition) is 2. The molecule has 0 aliphatic carbocycles. The van der Waals surface area contributed by atoms with Crippen LogP contribution in [0.5, 0.6) is 5.75 Å². The highest BCUT2D eigenvalue weighted by Gasteiger charge is 2.54. The van der Waals surface area contributed by atoms with Crippen LogP contribution in [0, 0.1) is 11.3 Å². The molecule has 2 amide bonds. The minimum Gasteiger partial charge on any atom is -0.497 e. The second-order valence-electron chi connectivity index (χ2n) is 13.0. The van der Waals surface area contributed by atoms with Gasteiger partial charge in [-0.1, -0.05) is 143 Å². The van der Waals surface area contributed by atoms with Gasteiger partial charge in [-0.05, 0) is 40.0 Å². The quantitative estimate of drug-likeness (QED) is 0.0160. The van der Waals surface area contributed by atoms with Gasteiger partial charge < -0.3 is 24.9 Å². The van der Waals surface area contributed by atoms with Crippen molar-refractivity contribution < 1.29 is 28.7 Å². The first-order chi connectivity index (χ1) is 28.9. The van der Waals surface area contributed by atoms with E-state index in [1.807, 2.05) is 109 Å². The molecule has 0 spiro atoms. The fourth-order valence-corrected chi connectivity index (χ4v) is 8.92. The Balaban J connectivity index is 1.14. The Morgan fingerprint density at radius 3 is 2.19 bits per heavy atom. The topological polar surface area (TPSA) is 168 Å². The summed E-state index contributed by atoms with van der Waals surface area (Å²) >= 11 is 4.61. The van der Waals surface area contributed by atoms with E-state index in [2.05, 4.69) is 42.8 Å². The predicted octanol–water partition coefficient (Wildman–Crippen LogP) is 6.58. The van der Waals surface area contributed by atoms with Crippen molar-refractivity contribution in [3.05, 3.63) is 167 Å². The lowest BCUT2D eigenvalue weighted by Gasteiger charge is -2.49. The Kier molecular flexibility index (Phi) is 13.4. The van der Waals surface area contributed by atoms with E-state index < -0.39 is 41.3 Å². The van der Waals surface area contributed by atoms with Gasteiger partial charge in [0.25, 0.3) is 11.8 Å². The number of carbonyl (C=O) groups is 3. The monoisotopic (exact) mass is 937 g/mol. The van der Waals surface area contributed by atoms with E-state index in [4.69, 9.17) is 19.3 Å². The molecule has 0 saturated carbocycles. The Morgan fingerprint density at radius 2 is 1.61 bits per heavy atom. The summed E-state index contributed by atoms with van der Waals surface area (Å²) in [5.41, 5.74) is 3.05. The second kappa shape index (κ2) is 19.1. The number of thioether (sulfide) groups is 1. The number of nitrogens with one attached hydrogen (secondary N) is 2. The minimum absolute atomic E-state index is 0.0151. The van der Waals surface area contributed by atoms with E-state index in [0.717, 1.165) is 33.8 Å². The maximum Gasteiger partial charge on any atom is 0.355 e. The molecule has 16 heteroatoms. The zero-order chi connectivity index (χ0) is 41.2. The van der Waals surface area contributed by atoms with Crippen LogP contribution in [0.25, 0.3) is 0 Å². The summed E-state index contributed by atoms with van der Waals surface area (Å²) in [4.78, 5) is 52.8. The van der Waals surface area contributed by atoms with Crippen LogP contribution in [0.15, 0.2) is 144 Å². The number of halogens is 1. The maximum atomic E-state index is 14.0. The van der Waals surface area contributed by atoms with Gasteiger partial charge in [0.05, 0.1) is 7.11 Å². The molecule has 3 heterocycles. The first kappa shape index (κ1) is 41.1. The molecule has 7 rings (SSSR count). The summed E-state index contributed by atoms with van der Waals surface area (Å²) in [7, 11) is 1.57. The molecule has 1 saturated heterocycles. The zero-order valence-electron chi connectivity index (χ0n) is 31.5. The van der Waals surface area contributed by atoms with E-state index in [-0.39, 0.29) is 23.8 Å². The summed E-state index contributed by atoms with van der Waals surface area (Å²) in [6, 6.07) is 37.7. The molecule has 59 heavy (non-hydrogen) atoms.